The molecular formula is C44H26N4S. The average Bonchev–Trinajstić information content (AvgIpc) is 3.81. The van der Waals surface area contributed by atoms with E-state index >= 15 is 0 Å². The lowest BCUT2D eigenvalue weighted by atomic mass is 10.0. The zero-order valence-corrected chi connectivity index (χ0v) is 27.0. The molecule has 4 heterocycles. The highest BCUT2D eigenvalue weighted by molar-refractivity contribution is 7.25. The predicted octanol–water partition coefficient (Wildman–Crippen LogP) is 11.9. The van der Waals surface area contributed by atoms with Crippen LogP contribution in [0.1, 0.15) is 0 Å². The summed E-state index contributed by atoms with van der Waals surface area (Å²) >= 11 is 1.85. The highest BCUT2D eigenvalue weighted by Gasteiger charge is 2.25. The number of thiophene rings is 1. The van der Waals surface area contributed by atoms with Gasteiger partial charge in [0.2, 0.25) is 5.95 Å². The molecule has 7 aromatic carbocycles. The van der Waals surface area contributed by atoms with E-state index in [0.717, 1.165) is 49.7 Å². The van der Waals surface area contributed by atoms with Crippen molar-refractivity contribution >= 4 is 86.0 Å². The van der Waals surface area contributed by atoms with Crippen molar-refractivity contribution in [1.82, 2.24) is 19.1 Å². The molecule has 0 aliphatic rings. The van der Waals surface area contributed by atoms with Gasteiger partial charge in [-0.25, -0.2) is 9.97 Å². The monoisotopic (exact) mass is 642 g/mol. The van der Waals surface area contributed by atoms with Gasteiger partial charge in [-0.2, -0.15) is 0 Å². The van der Waals surface area contributed by atoms with Gasteiger partial charge in [0.25, 0.3) is 0 Å². The van der Waals surface area contributed by atoms with Crippen molar-refractivity contribution in [2.75, 3.05) is 0 Å². The molecule has 5 heteroatoms. The van der Waals surface area contributed by atoms with Gasteiger partial charge in [-0.05, 0) is 41.8 Å². The van der Waals surface area contributed by atoms with E-state index in [-0.39, 0.29) is 0 Å². The van der Waals surface area contributed by atoms with E-state index in [4.69, 9.17) is 9.97 Å². The number of aromatic nitrogens is 4. The summed E-state index contributed by atoms with van der Waals surface area (Å²) < 4.78 is 6.03. The standard InChI is InChI=1S/C44H26N4S/c1-3-14-28(15-4-1)40-34-24-23-27-13-7-8-18-30(27)41(34)46-44(45-40)48-35-21-11-9-19-31(35)32-25-26-36-39(42(32)48)38-33-20-10-12-22-37(33)49-43(38)47(36)29-16-5-2-6-17-29/h1-26H. The van der Waals surface area contributed by atoms with Crippen LogP contribution in [0.5, 0.6) is 0 Å². The number of benzene rings is 7. The lowest BCUT2D eigenvalue weighted by Gasteiger charge is -2.14. The van der Waals surface area contributed by atoms with Crippen LogP contribution in [0.2, 0.25) is 0 Å². The van der Waals surface area contributed by atoms with Crippen LogP contribution in [0.4, 0.5) is 0 Å². The summed E-state index contributed by atoms with van der Waals surface area (Å²) in [4.78, 5) is 12.2. The van der Waals surface area contributed by atoms with Crippen LogP contribution in [-0.2, 0) is 0 Å². The van der Waals surface area contributed by atoms with Crippen LogP contribution in [-0.4, -0.2) is 19.1 Å². The Bertz CT molecular complexity index is 3100. The number of fused-ring (bicyclic) bond motifs is 12. The van der Waals surface area contributed by atoms with Gasteiger partial charge in [0.05, 0.1) is 27.8 Å². The lowest BCUT2D eigenvalue weighted by Crippen LogP contribution is -2.04. The molecule has 4 nitrogen and oxygen atoms in total. The highest BCUT2D eigenvalue weighted by atomic mass is 32.1. The van der Waals surface area contributed by atoms with Gasteiger partial charge in [-0.3, -0.25) is 4.57 Å². The summed E-state index contributed by atoms with van der Waals surface area (Å²) in [5.41, 5.74) is 7.48. The Morgan fingerprint density at radius 1 is 0.449 bits per heavy atom. The number of para-hydroxylation sites is 2. The molecule has 0 unspecified atom stereocenters. The number of hydrogen-bond acceptors (Lipinski definition) is 3. The second kappa shape index (κ2) is 10.1. The molecule has 0 saturated heterocycles. The molecular weight excluding hydrogens is 617 g/mol. The topological polar surface area (TPSA) is 35.6 Å². The largest absolute Gasteiger partial charge is 0.301 e. The minimum Gasteiger partial charge on any atom is -0.301 e. The minimum atomic E-state index is 0.668. The van der Waals surface area contributed by atoms with Crippen molar-refractivity contribution in [3.63, 3.8) is 0 Å². The molecule has 0 spiro atoms. The third kappa shape index (κ3) is 3.73. The number of rotatable bonds is 3. The molecule has 11 rings (SSSR count). The van der Waals surface area contributed by atoms with E-state index in [1.54, 1.807) is 0 Å². The van der Waals surface area contributed by atoms with Crippen LogP contribution in [0.15, 0.2) is 158 Å². The number of hydrogen-bond donors (Lipinski definition) is 0. The second-order valence-electron chi connectivity index (χ2n) is 12.6. The summed E-state index contributed by atoms with van der Waals surface area (Å²) in [6.45, 7) is 0. The van der Waals surface area contributed by atoms with Gasteiger partial charge in [-0.15, -0.1) is 11.3 Å². The van der Waals surface area contributed by atoms with Gasteiger partial charge in [-0.1, -0.05) is 121 Å². The summed E-state index contributed by atoms with van der Waals surface area (Å²) in [6.07, 6.45) is 0. The maximum atomic E-state index is 5.48. The SMILES string of the molecule is c1ccc(-c2nc(-n3c4ccccc4c4ccc5c(c6c7ccccc7sc6n5-c5ccccc5)c43)nc3c2ccc2ccccc23)cc1. The third-order valence-corrected chi connectivity index (χ3v) is 11.1. The van der Waals surface area contributed by atoms with Crippen LogP contribution in [0.3, 0.4) is 0 Å². The van der Waals surface area contributed by atoms with E-state index in [1.165, 1.54) is 42.0 Å². The van der Waals surface area contributed by atoms with Crippen LogP contribution >= 0.6 is 11.3 Å². The van der Waals surface area contributed by atoms with Gasteiger partial charge in [0.15, 0.2) is 0 Å². The molecule has 0 fully saturated rings. The maximum Gasteiger partial charge on any atom is 0.235 e. The van der Waals surface area contributed by atoms with E-state index in [1.807, 2.05) is 11.3 Å². The summed E-state index contributed by atoms with van der Waals surface area (Å²) in [6, 6.07) is 56.2. The van der Waals surface area contributed by atoms with Gasteiger partial charge in [0, 0.05) is 53.7 Å². The fraction of sp³-hybridized carbons (Fsp3) is 0. The fourth-order valence-electron chi connectivity index (χ4n) is 7.83. The van der Waals surface area contributed by atoms with Gasteiger partial charge >= 0.3 is 0 Å². The summed E-state index contributed by atoms with van der Waals surface area (Å²) in [7, 11) is 0. The summed E-state index contributed by atoms with van der Waals surface area (Å²) in [5, 5.41) is 9.44. The van der Waals surface area contributed by atoms with Crippen LogP contribution in [0.25, 0.3) is 97.6 Å². The van der Waals surface area contributed by atoms with Gasteiger partial charge in [0.1, 0.15) is 4.83 Å². The molecule has 0 bridgehead atoms. The Morgan fingerprint density at radius 3 is 2.00 bits per heavy atom. The maximum absolute atomic E-state index is 5.48. The van der Waals surface area contributed by atoms with E-state index in [2.05, 4.69) is 167 Å². The molecule has 0 saturated carbocycles. The van der Waals surface area contributed by atoms with E-state index in [9.17, 15) is 0 Å². The molecule has 49 heavy (non-hydrogen) atoms. The predicted molar refractivity (Wildman–Crippen MR) is 207 cm³/mol. The molecule has 11 aromatic rings. The van der Waals surface area contributed by atoms with Crippen molar-refractivity contribution in [3.8, 4) is 22.9 Å². The second-order valence-corrected chi connectivity index (χ2v) is 13.6. The molecule has 0 aliphatic heterocycles. The Kier molecular flexibility index (Phi) is 5.51. The Balaban J connectivity index is 1.38. The third-order valence-electron chi connectivity index (χ3n) is 9.93. The Labute approximate surface area is 284 Å². The van der Waals surface area contributed by atoms with E-state index < -0.39 is 0 Å². The smallest absolute Gasteiger partial charge is 0.235 e. The molecule has 228 valence electrons. The minimum absolute atomic E-state index is 0.668. The fourth-order valence-corrected chi connectivity index (χ4v) is 9.07. The van der Waals surface area contributed by atoms with Crippen molar-refractivity contribution in [3.05, 3.63) is 158 Å². The summed E-state index contributed by atoms with van der Waals surface area (Å²) in [5.74, 6) is 0.668. The normalized spacial score (nSPS) is 12.1. The quantitative estimate of drug-likeness (QED) is 0.180. The number of nitrogens with zero attached hydrogens (tertiary/aromatic N) is 4. The van der Waals surface area contributed by atoms with E-state index in [0.29, 0.717) is 5.95 Å². The molecule has 4 aromatic heterocycles. The molecule has 0 aliphatic carbocycles. The lowest BCUT2D eigenvalue weighted by molar-refractivity contribution is 1.02. The first-order chi connectivity index (χ1) is 24.3. The molecule has 0 N–H and O–H groups in total. The van der Waals surface area contributed by atoms with Crippen LogP contribution in [0, 0.1) is 0 Å². The first kappa shape index (κ1) is 26.7. The first-order valence-electron chi connectivity index (χ1n) is 16.5. The van der Waals surface area contributed by atoms with Gasteiger partial charge < -0.3 is 4.57 Å². The molecule has 0 radical (unpaired) electrons. The zero-order chi connectivity index (χ0) is 32.1. The van der Waals surface area contributed by atoms with Crippen LogP contribution < -0.4 is 0 Å². The first-order valence-corrected chi connectivity index (χ1v) is 17.3. The Morgan fingerprint density at radius 2 is 1.14 bits per heavy atom. The molecule has 0 amide bonds. The average molecular weight is 643 g/mol. The van der Waals surface area contributed by atoms with Crippen molar-refractivity contribution < 1.29 is 0 Å². The zero-order valence-electron chi connectivity index (χ0n) is 26.2. The highest BCUT2D eigenvalue weighted by Crippen LogP contribution is 2.47. The van der Waals surface area contributed by atoms with Crippen molar-refractivity contribution in [1.29, 1.82) is 0 Å². The van der Waals surface area contributed by atoms with Crippen molar-refractivity contribution in [2.24, 2.45) is 0 Å². The van der Waals surface area contributed by atoms with Crippen molar-refractivity contribution in [2.45, 2.75) is 0 Å². The molecule has 0 atom stereocenters. The Hall–Kier alpha value is -6.30.